The number of benzene rings is 1. The Balaban J connectivity index is 1.74. The van der Waals surface area contributed by atoms with Crippen molar-refractivity contribution in [3.63, 3.8) is 0 Å². The topological polar surface area (TPSA) is 46.1 Å². The highest BCUT2D eigenvalue weighted by Gasteiger charge is 2.18. The normalized spacial score (nSPS) is 14.9. The van der Waals surface area contributed by atoms with Crippen LogP contribution in [0.3, 0.4) is 0 Å². The smallest absolute Gasteiger partial charge is 0.192 e. The lowest BCUT2D eigenvalue weighted by molar-refractivity contribution is 0.111. The van der Waals surface area contributed by atoms with Gasteiger partial charge < -0.3 is 0 Å². The summed E-state index contributed by atoms with van der Waals surface area (Å²) >= 11 is 0. The van der Waals surface area contributed by atoms with E-state index < -0.39 is 0 Å². The average Bonchev–Trinajstić information content (AvgIpc) is 2.48. The van der Waals surface area contributed by atoms with Crippen LogP contribution in [0.1, 0.15) is 27.4 Å². The maximum Gasteiger partial charge on any atom is 0.192 e. The molecule has 0 aliphatic carbocycles. The van der Waals surface area contributed by atoms with Gasteiger partial charge in [0.1, 0.15) is 0 Å². The SMILES string of the molecule is O=Cc1ncc2c(n1)CCN(Cc1ccccc1)C2. The quantitative estimate of drug-likeness (QED) is 0.783. The molecule has 0 bridgehead atoms. The highest BCUT2D eigenvalue weighted by atomic mass is 16.1. The lowest BCUT2D eigenvalue weighted by atomic mass is 10.1. The van der Waals surface area contributed by atoms with Gasteiger partial charge in [0.25, 0.3) is 0 Å². The minimum atomic E-state index is 0.287. The third-order valence-electron chi connectivity index (χ3n) is 3.39. The van der Waals surface area contributed by atoms with Crippen LogP contribution in [0.4, 0.5) is 0 Å². The van der Waals surface area contributed by atoms with Gasteiger partial charge in [-0.2, -0.15) is 0 Å². The first-order valence-corrected chi connectivity index (χ1v) is 6.41. The maximum absolute atomic E-state index is 10.7. The number of hydrogen-bond acceptors (Lipinski definition) is 4. The summed E-state index contributed by atoms with van der Waals surface area (Å²) in [7, 11) is 0. The summed E-state index contributed by atoms with van der Waals surface area (Å²) in [6.45, 7) is 2.76. The van der Waals surface area contributed by atoms with Crippen LogP contribution in [0.5, 0.6) is 0 Å². The summed E-state index contributed by atoms with van der Waals surface area (Å²) in [4.78, 5) is 21.4. The Bertz CT molecular complexity index is 583. The second kappa shape index (κ2) is 5.28. The van der Waals surface area contributed by atoms with Gasteiger partial charge in [0.2, 0.25) is 0 Å². The van der Waals surface area contributed by atoms with E-state index in [1.807, 2.05) is 6.07 Å². The molecule has 3 rings (SSSR count). The van der Waals surface area contributed by atoms with E-state index in [2.05, 4.69) is 39.1 Å². The molecule has 0 N–H and O–H groups in total. The fourth-order valence-electron chi connectivity index (χ4n) is 2.42. The van der Waals surface area contributed by atoms with Crippen molar-refractivity contribution in [1.29, 1.82) is 0 Å². The molecule has 0 saturated carbocycles. The van der Waals surface area contributed by atoms with Crippen molar-refractivity contribution in [1.82, 2.24) is 14.9 Å². The molecule has 1 aliphatic heterocycles. The number of carbonyl (C=O) groups excluding carboxylic acids is 1. The van der Waals surface area contributed by atoms with Gasteiger partial charge >= 0.3 is 0 Å². The maximum atomic E-state index is 10.7. The molecule has 0 saturated heterocycles. The van der Waals surface area contributed by atoms with Gasteiger partial charge in [0.15, 0.2) is 12.1 Å². The molecular weight excluding hydrogens is 238 g/mol. The Labute approximate surface area is 112 Å². The molecule has 19 heavy (non-hydrogen) atoms. The molecule has 0 fully saturated rings. The Morgan fingerprint density at radius 1 is 1.26 bits per heavy atom. The summed E-state index contributed by atoms with van der Waals surface area (Å²) in [6.07, 6.45) is 3.37. The second-order valence-corrected chi connectivity index (χ2v) is 4.76. The van der Waals surface area contributed by atoms with Crippen LogP contribution in [0, 0.1) is 0 Å². The molecule has 0 radical (unpaired) electrons. The van der Waals surface area contributed by atoms with Crippen molar-refractivity contribution >= 4 is 6.29 Å². The number of rotatable bonds is 3. The molecule has 96 valence electrons. The van der Waals surface area contributed by atoms with Gasteiger partial charge in [-0.15, -0.1) is 0 Å². The summed E-state index contributed by atoms with van der Waals surface area (Å²) in [6, 6.07) is 10.4. The molecule has 1 aliphatic rings. The van der Waals surface area contributed by atoms with Crippen LogP contribution in [0.25, 0.3) is 0 Å². The second-order valence-electron chi connectivity index (χ2n) is 4.76. The van der Waals surface area contributed by atoms with E-state index in [4.69, 9.17) is 0 Å². The minimum absolute atomic E-state index is 0.287. The first kappa shape index (κ1) is 12.0. The average molecular weight is 253 g/mol. The van der Waals surface area contributed by atoms with Crippen molar-refractivity contribution in [3.8, 4) is 0 Å². The lowest BCUT2D eigenvalue weighted by Crippen LogP contribution is -2.31. The Kier molecular flexibility index (Phi) is 3.33. The predicted molar refractivity (Wildman–Crippen MR) is 71.7 cm³/mol. The van der Waals surface area contributed by atoms with Gasteiger partial charge in [-0.05, 0) is 5.56 Å². The molecule has 2 heterocycles. The Morgan fingerprint density at radius 2 is 2.11 bits per heavy atom. The van der Waals surface area contributed by atoms with Crippen molar-refractivity contribution < 1.29 is 4.79 Å². The van der Waals surface area contributed by atoms with E-state index in [0.29, 0.717) is 6.29 Å². The molecule has 0 amide bonds. The van der Waals surface area contributed by atoms with Crippen molar-refractivity contribution in [2.75, 3.05) is 6.54 Å². The first-order chi connectivity index (χ1) is 9.35. The number of aromatic nitrogens is 2. The third-order valence-corrected chi connectivity index (χ3v) is 3.39. The fraction of sp³-hybridized carbons (Fsp3) is 0.267. The Hall–Kier alpha value is -2.07. The van der Waals surface area contributed by atoms with Crippen molar-refractivity contribution in [2.24, 2.45) is 0 Å². The molecular formula is C15H15N3O. The number of hydrogen-bond donors (Lipinski definition) is 0. The molecule has 0 spiro atoms. The van der Waals surface area contributed by atoms with Crippen molar-refractivity contribution in [3.05, 3.63) is 59.2 Å². The van der Waals surface area contributed by atoms with Gasteiger partial charge in [0, 0.05) is 37.8 Å². The zero-order chi connectivity index (χ0) is 13.1. The highest BCUT2D eigenvalue weighted by molar-refractivity contribution is 5.68. The summed E-state index contributed by atoms with van der Waals surface area (Å²) in [5.41, 5.74) is 3.46. The van der Waals surface area contributed by atoms with E-state index in [0.717, 1.165) is 37.3 Å². The molecule has 0 atom stereocenters. The van der Waals surface area contributed by atoms with Crippen LogP contribution >= 0.6 is 0 Å². The molecule has 4 nitrogen and oxygen atoms in total. The van der Waals surface area contributed by atoms with Gasteiger partial charge in [-0.3, -0.25) is 9.69 Å². The van der Waals surface area contributed by atoms with E-state index in [9.17, 15) is 4.79 Å². The van der Waals surface area contributed by atoms with E-state index in [-0.39, 0.29) is 5.82 Å². The molecule has 2 aromatic rings. The number of aldehydes is 1. The zero-order valence-corrected chi connectivity index (χ0v) is 10.6. The number of fused-ring (bicyclic) bond motifs is 1. The van der Waals surface area contributed by atoms with E-state index in [1.165, 1.54) is 5.56 Å². The van der Waals surface area contributed by atoms with Crippen LogP contribution in [0.2, 0.25) is 0 Å². The summed E-state index contributed by atoms with van der Waals surface area (Å²) in [5.74, 6) is 0.287. The monoisotopic (exact) mass is 253 g/mol. The zero-order valence-electron chi connectivity index (χ0n) is 10.6. The minimum Gasteiger partial charge on any atom is -0.294 e. The van der Waals surface area contributed by atoms with Gasteiger partial charge in [0.05, 0.1) is 5.69 Å². The molecule has 1 aromatic heterocycles. The van der Waals surface area contributed by atoms with Crippen molar-refractivity contribution in [2.45, 2.75) is 19.5 Å². The third kappa shape index (κ3) is 2.69. The van der Waals surface area contributed by atoms with Gasteiger partial charge in [-0.1, -0.05) is 30.3 Å². The summed E-state index contributed by atoms with van der Waals surface area (Å²) in [5, 5.41) is 0. The predicted octanol–water partition coefficient (Wildman–Crippen LogP) is 1.85. The fourth-order valence-corrected chi connectivity index (χ4v) is 2.42. The van der Waals surface area contributed by atoms with Gasteiger partial charge in [-0.25, -0.2) is 9.97 Å². The number of carbonyl (C=O) groups is 1. The van der Waals surface area contributed by atoms with Crippen LogP contribution in [-0.4, -0.2) is 27.7 Å². The van der Waals surface area contributed by atoms with Crippen LogP contribution in [-0.2, 0) is 19.5 Å². The summed E-state index contributed by atoms with van der Waals surface area (Å²) < 4.78 is 0. The molecule has 1 aromatic carbocycles. The lowest BCUT2D eigenvalue weighted by Gasteiger charge is -2.27. The van der Waals surface area contributed by atoms with Crippen LogP contribution < -0.4 is 0 Å². The number of nitrogens with zero attached hydrogens (tertiary/aromatic N) is 3. The standard InChI is InChI=1S/C15H15N3O/c19-11-15-16-8-13-10-18(7-6-14(13)17-15)9-12-4-2-1-3-5-12/h1-5,8,11H,6-7,9-10H2. The Morgan fingerprint density at radius 3 is 2.89 bits per heavy atom. The van der Waals surface area contributed by atoms with E-state index >= 15 is 0 Å². The van der Waals surface area contributed by atoms with Crippen LogP contribution in [0.15, 0.2) is 36.5 Å². The highest BCUT2D eigenvalue weighted by Crippen LogP contribution is 2.18. The molecule has 0 unspecified atom stereocenters. The molecule has 4 heteroatoms. The first-order valence-electron chi connectivity index (χ1n) is 6.41. The largest absolute Gasteiger partial charge is 0.294 e. The van der Waals surface area contributed by atoms with E-state index in [1.54, 1.807) is 6.20 Å².